The molecule has 5 heteroatoms. The number of carbonyl (C=O) groups is 1. The molecule has 0 spiro atoms. The fraction of sp³-hybridized carbons (Fsp3) is 0.944. The number of ketones is 1. The van der Waals surface area contributed by atoms with Gasteiger partial charge in [-0.1, -0.05) is 13.8 Å². The number of piperidine rings is 1. The van der Waals surface area contributed by atoms with Crippen LogP contribution in [0.4, 0.5) is 0 Å². The zero-order valence-corrected chi connectivity index (χ0v) is 15.3. The van der Waals surface area contributed by atoms with Gasteiger partial charge in [-0.15, -0.1) is 0 Å². The molecule has 2 fully saturated rings. The first-order valence-corrected chi connectivity index (χ1v) is 9.34. The van der Waals surface area contributed by atoms with Crippen molar-refractivity contribution in [3.05, 3.63) is 0 Å². The van der Waals surface area contributed by atoms with Crippen LogP contribution < -0.4 is 0 Å². The standard InChI is InChI=1S/C18H35N3O2/c1-4-16(2)18(22)15-20-9-11-21(12-10-20)17-5-7-19(8-6-17)13-14-23-3/h16-17H,4-15H2,1-3H3. The van der Waals surface area contributed by atoms with E-state index in [9.17, 15) is 4.79 Å². The number of likely N-dealkylation sites (tertiary alicyclic amines) is 1. The van der Waals surface area contributed by atoms with Gasteiger partial charge in [0.2, 0.25) is 0 Å². The SMILES string of the molecule is CCC(C)C(=O)CN1CCN(C2CCN(CCOC)CC2)CC1. The van der Waals surface area contributed by atoms with Crippen LogP contribution in [0.2, 0.25) is 0 Å². The number of nitrogens with zero attached hydrogens (tertiary/aromatic N) is 3. The third-order valence-corrected chi connectivity index (χ3v) is 5.63. The summed E-state index contributed by atoms with van der Waals surface area (Å²) in [7, 11) is 1.78. The lowest BCUT2D eigenvalue weighted by Gasteiger charge is -2.42. The molecule has 2 aliphatic rings. The molecule has 1 atom stereocenters. The zero-order chi connectivity index (χ0) is 16.7. The van der Waals surface area contributed by atoms with Gasteiger partial charge in [-0.2, -0.15) is 0 Å². The molecule has 2 rings (SSSR count). The molecule has 5 nitrogen and oxygen atoms in total. The van der Waals surface area contributed by atoms with E-state index in [4.69, 9.17) is 4.74 Å². The molecule has 0 amide bonds. The predicted octanol–water partition coefficient (Wildman–Crippen LogP) is 1.33. The first kappa shape index (κ1) is 18.8. The summed E-state index contributed by atoms with van der Waals surface area (Å²) in [5.41, 5.74) is 0. The van der Waals surface area contributed by atoms with Crippen molar-refractivity contribution < 1.29 is 9.53 Å². The van der Waals surface area contributed by atoms with E-state index in [1.54, 1.807) is 7.11 Å². The zero-order valence-electron chi connectivity index (χ0n) is 15.3. The van der Waals surface area contributed by atoms with Crippen molar-refractivity contribution in [3.8, 4) is 0 Å². The van der Waals surface area contributed by atoms with Gasteiger partial charge >= 0.3 is 0 Å². The highest BCUT2D eigenvalue weighted by atomic mass is 16.5. The van der Waals surface area contributed by atoms with Gasteiger partial charge in [0.25, 0.3) is 0 Å². The number of hydrogen-bond donors (Lipinski definition) is 0. The van der Waals surface area contributed by atoms with Crippen molar-refractivity contribution in [1.82, 2.24) is 14.7 Å². The monoisotopic (exact) mass is 325 g/mol. The van der Waals surface area contributed by atoms with E-state index in [1.165, 1.54) is 25.9 Å². The van der Waals surface area contributed by atoms with E-state index < -0.39 is 0 Å². The molecule has 0 N–H and O–H groups in total. The number of ether oxygens (including phenoxy) is 1. The summed E-state index contributed by atoms with van der Waals surface area (Å²) in [6.07, 6.45) is 3.51. The lowest BCUT2D eigenvalue weighted by molar-refractivity contribution is -0.124. The van der Waals surface area contributed by atoms with E-state index in [-0.39, 0.29) is 5.92 Å². The second kappa shape index (κ2) is 9.72. The summed E-state index contributed by atoms with van der Waals surface area (Å²) in [5, 5.41) is 0. The first-order valence-electron chi connectivity index (χ1n) is 9.34. The quantitative estimate of drug-likeness (QED) is 0.673. The van der Waals surface area contributed by atoms with Crippen molar-refractivity contribution in [2.75, 3.05) is 66.1 Å². The summed E-state index contributed by atoms with van der Waals surface area (Å²) < 4.78 is 5.17. The Morgan fingerprint density at radius 2 is 1.74 bits per heavy atom. The summed E-state index contributed by atoms with van der Waals surface area (Å²) >= 11 is 0. The van der Waals surface area contributed by atoms with E-state index >= 15 is 0 Å². The number of methoxy groups -OCH3 is 1. The summed E-state index contributed by atoms with van der Waals surface area (Å²) in [4.78, 5) is 19.6. The van der Waals surface area contributed by atoms with Crippen LogP contribution in [0.15, 0.2) is 0 Å². The number of rotatable bonds is 8. The molecule has 23 heavy (non-hydrogen) atoms. The van der Waals surface area contributed by atoms with E-state index in [0.717, 1.165) is 51.8 Å². The third-order valence-electron chi connectivity index (χ3n) is 5.63. The smallest absolute Gasteiger partial charge is 0.149 e. The number of Topliss-reactive ketones (excluding diaryl/α,β-unsaturated/α-hetero) is 1. The van der Waals surface area contributed by atoms with Gasteiger partial charge in [0.05, 0.1) is 13.2 Å². The highest BCUT2D eigenvalue weighted by molar-refractivity contribution is 5.82. The van der Waals surface area contributed by atoms with Crippen molar-refractivity contribution >= 4 is 5.78 Å². The fourth-order valence-electron chi connectivity index (χ4n) is 3.62. The maximum atomic E-state index is 12.1. The van der Waals surface area contributed by atoms with E-state index in [1.807, 2.05) is 0 Å². The average molecular weight is 325 g/mol. The summed E-state index contributed by atoms with van der Waals surface area (Å²) in [5.74, 6) is 0.622. The Morgan fingerprint density at radius 1 is 1.09 bits per heavy atom. The maximum absolute atomic E-state index is 12.1. The van der Waals surface area contributed by atoms with Gasteiger partial charge < -0.3 is 9.64 Å². The number of carbonyl (C=O) groups excluding carboxylic acids is 1. The molecule has 2 saturated heterocycles. The molecule has 0 aromatic rings. The third kappa shape index (κ3) is 5.82. The molecule has 0 aromatic heterocycles. The summed E-state index contributed by atoms with van der Waals surface area (Å²) in [6.45, 7) is 13.4. The van der Waals surface area contributed by atoms with Crippen LogP contribution in [-0.4, -0.2) is 92.6 Å². The van der Waals surface area contributed by atoms with Crippen molar-refractivity contribution in [2.45, 2.75) is 39.2 Å². The number of piperazine rings is 1. The Hall–Kier alpha value is -0.490. The topological polar surface area (TPSA) is 36.0 Å². The van der Waals surface area contributed by atoms with Crippen LogP contribution >= 0.6 is 0 Å². The van der Waals surface area contributed by atoms with Gasteiger partial charge in [0.15, 0.2) is 0 Å². The Kier molecular flexibility index (Phi) is 7.96. The Morgan fingerprint density at radius 3 is 2.30 bits per heavy atom. The summed E-state index contributed by atoms with van der Waals surface area (Å²) in [6, 6.07) is 0.737. The molecule has 1 unspecified atom stereocenters. The van der Waals surface area contributed by atoms with Gasteiger partial charge in [-0.3, -0.25) is 14.6 Å². The Bertz CT molecular complexity index is 348. The van der Waals surface area contributed by atoms with Gasteiger partial charge in [0.1, 0.15) is 5.78 Å². The van der Waals surface area contributed by atoms with Crippen molar-refractivity contribution in [1.29, 1.82) is 0 Å². The molecule has 0 radical (unpaired) electrons. The fourth-order valence-corrected chi connectivity index (χ4v) is 3.62. The molecular formula is C18H35N3O2. The first-order chi connectivity index (χ1) is 11.1. The van der Waals surface area contributed by atoms with Gasteiger partial charge in [-0.25, -0.2) is 0 Å². The van der Waals surface area contributed by atoms with Crippen LogP contribution in [0, 0.1) is 5.92 Å². The van der Waals surface area contributed by atoms with Crippen molar-refractivity contribution in [3.63, 3.8) is 0 Å². The lowest BCUT2D eigenvalue weighted by atomic mass is 10.0. The molecule has 0 aliphatic carbocycles. The van der Waals surface area contributed by atoms with Crippen molar-refractivity contribution in [2.24, 2.45) is 5.92 Å². The molecule has 0 aromatic carbocycles. The lowest BCUT2D eigenvalue weighted by Crippen LogP contribution is -2.54. The largest absolute Gasteiger partial charge is 0.383 e. The van der Waals surface area contributed by atoms with Crippen LogP contribution in [-0.2, 0) is 9.53 Å². The highest BCUT2D eigenvalue weighted by Crippen LogP contribution is 2.18. The molecule has 0 bridgehead atoms. The second-order valence-electron chi connectivity index (χ2n) is 7.15. The molecular weight excluding hydrogens is 290 g/mol. The van der Waals surface area contributed by atoms with Gasteiger partial charge in [-0.05, 0) is 32.4 Å². The molecule has 2 heterocycles. The minimum absolute atomic E-state index is 0.212. The van der Waals surface area contributed by atoms with E-state index in [0.29, 0.717) is 12.3 Å². The molecule has 134 valence electrons. The normalized spacial score (nSPS) is 24.0. The number of hydrogen-bond acceptors (Lipinski definition) is 5. The van der Waals surface area contributed by atoms with Crippen LogP contribution in [0.5, 0.6) is 0 Å². The second-order valence-corrected chi connectivity index (χ2v) is 7.15. The average Bonchev–Trinajstić information content (AvgIpc) is 2.60. The van der Waals surface area contributed by atoms with Gasteiger partial charge in [0, 0.05) is 51.8 Å². The Balaban J connectivity index is 1.66. The maximum Gasteiger partial charge on any atom is 0.149 e. The minimum atomic E-state index is 0.212. The van der Waals surface area contributed by atoms with Crippen LogP contribution in [0.3, 0.4) is 0 Å². The molecule has 2 aliphatic heterocycles. The minimum Gasteiger partial charge on any atom is -0.383 e. The van der Waals surface area contributed by atoms with Crippen LogP contribution in [0.25, 0.3) is 0 Å². The Labute approximate surface area is 141 Å². The predicted molar refractivity (Wildman–Crippen MR) is 93.8 cm³/mol. The van der Waals surface area contributed by atoms with Crippen LogP contribution in [0.1, 0.15) is 33.1 Å². The van der Waals surface area contributed by atoms with E-state index in [2.05, 4.69) is 28.5 Å². The molecule has 0 saturated carbocycles. The highest BCUT2D eigenvalue weighted by Gasteiger charge is 2.28.